The lowest BCUT2D eigenvalue weighted by molar-refractivity contribution is -0.142. The van der Waals surface area contributed by atoms with Gasteiger partial charge in [0.1, 0.15) is 0 Å². The molecule has 0 aliphatic heterocycles. The highest BCUT2D eigenvalue weighted by Gasteiger charge is 2.28. The molecule has 0 saturated heterocycles. The molecule has 0 amide bonds. The van der Waals surface area contributed by atoms with Crippen LogP contribution in [0.4, 0.5) is 0 Å². The molecule has 0 saturated carbocycles. The number of rotatable bonds is 11. The van der Waals surface area contributed by atoms with Crippen LogP contribution in [-0.4, -0.2) is 49.6 Å². The summed E-state index contributed by atoms with van der Waals surface area (Å²) in [6.45, 7) is 16.5. The topological polar surface area (TPSA) is 82.1 Å². The Morgan fingerprint density at radius 2 is 1.52 bits per heavy atom. The molecule has 0 unspecified atom stereocenters. The Kier molecular flexibility index (Phi) is 9.21. The van der Waals surface area contributed by atoms with Gasteiger partial charge in [-0.1, -0.05) is 6.58 Å². The molecule has 0 heterocycles. The maximum atomic E-state index is 11.6. The largest absolute Gasteiger partial charge is 0.481 e. The highest BCUT2D eigenvalue weighted by atomic mass is 28.4. The molecule has 134 valence electrons. The maximum absolute atomic E-state index is 11.6. The molecule has 0 atom stereocenters. The zero-order chi connectivity index (χ0) is 18.3. The second-order valence-corrected chi connectivity index (χ2v) is 19.1. The summed E-state index contributed by atoms with van der Waals surface area (Å²) < 4.78 is 17.4. The Balaban J connectivity index is 4.29. The van der Waals surface area contributed by atoms with E-state index >= 15 is 0 Å². The van der Waals surface area contributed by atoms with Gasteiger partial charge in [-0.15, -0.1) is 0 Å². The van der Waals surface area contributed by atoms with Gasteiger partial charge in [-0.05, 0) is 51.7 Å². The van der Waals surface area contributed by atoms with Crippen LogP contribution in [0.25, 0.3) is 0 Å². The first-order valence-electron chi connectivity index (χ1n) is 7.72. The number of carbonyl (C=O) groups is 2. The minimum atomic E-state index is -1.78. The van der Waals surface area contributed by atoms with Gasteiger partial charge in [-0.3, -0.25) is 4.79 Å². The Labute approximate surface area is 142 Å². The Morgan fingerprint density at radius 1 is 1.04 bits per heavy atom. The van der Waals surface area contributed by atoms with Gasteiger partial charge in [0.2, 0.25) is 0 Å². The lowest BCUT2D eigenvalue weighted by atomic mass is 10.2. The van der Waals surface area contributed by atoms with Crippen LogP contribution in [0.15, 0.2) is 12.2 Å². The van der Waals surface area contributed by atoms with Crippen molar-refractivity contribution < 1.29 is 27.7 Å². The SMILES string of the molecule is C=C(CC(=O)O)C(=O)OCCC[SiH](O[Si](C)(C)C)O[Si](C)(C)C. The van der Waals surface area contributed by atoms with E-state index in [4.69, 9.17) is 18.1 Å². The third-order valence-electron chi connectivity index (χ3n) is 2.44. The fourth-order valence-corrected chi connectivity index (χ4v) is 10.1. The summed E-state index contributed by atoms with van der Waals surface area (Å²) in [4.78, 5) is 22.1. The summed E-state index contributed by atoms with van der Waals surface area (Å²) in [5.41, 5.74) is -0.0389. The summed E-state index contributed by atoms with van der Waals surface area (Å²) in [7, 11) is -5.11. The van der Waals surface area contributed by atoms with Crippen molar-refractivity contribution in [2.75, 3.05) is 6.61 Å². The summed E-state index contributed by atoms with van der Waals surface area (Å²) in [6, 6.07) is 0.771. The molecule has 0 rings (SSSR count). The quantitative estimate of drug-likeness (QED) is 0.258. The molecular formula is C14H30O6Si3. The highest BCUT2D eigenvalue weighted by Crippen LogP contribution is 2.16. The van der Waals surface area contributed by atoms with Gasteiger partial charge in [0.15, 0.2) is 16.6 Å². The molecule has 0 bridgehead atoms. The number of hydrogen-bond acceptors (Lipinski definition) is 5. The lowest BCUT2D eigenvalue weighted by Crippen LogP contribution is -2.43. The Hall–Kier alpha value is -0.749. The number of carbonyl (C=O) groups excluding carboxylic acids is 1. The first-order valence-corrected chi connectivity index (χ1v) is 16.3. The fourth-order valence-electron chi connectivity index (χ4n) is 1.70. The van der Waals surface area contributed by atoms with Gasteiger partial charge in [-0.2, -0.15) is 0 Å². The summed E-state index contributed by atoms with van der Waals surface area (Å²) in [5.74, 6) is -1.74. The number of esters is 1. The molecule has 9 heteroatoms. The normalized spacial score (nSPS) is 12.3. The van der Waals surface area contributed by atoms with Crippen molar-refractivity contribution in [3.63, 3.8) is 0 Å². The van der Waals surface area contributed by atoms with E-state index in [1.807, 2.05) is 0 Å². The number of hydrogen-bond donors (Lipinski definition) is 1. The van der Waals surface area contributed by atoms with Crippen molar-refractivity contribution in [1.82, 2.24) is 0 Å². The van der Waals surface area contributed by atoms with Gasteiger partial charge in [0.25, 0.3) is 0 Å². The van der Waals surface area contributed by atoms with Crippen molar-refractivity contribution >= 4 is 37.9 Å². The zero-order valence-electron chi connectivity index (χ0n) is 15.1. The van der Waals surface area contributed by atoms with Crippen LogP contribution in [0.2, 0.25) is 45.3 Å². The lowest BCUT2D eigenvalue weighted by Gasteiger charge is -2.30. The average molecular weight is 379 g/mol. The van der Waals surface area contributed by atoms with Crippen LogP contribution in [0.3, 0.4) is 0 Å². The van der Waals surface area contributed by atoms with Crippen LogP contribution in [0.1, 0.15) is 12.8 Å². The number of carboxylic acid groups (broad SMARTS) is 1. The maximum Gasteiger partial charge on any atom is 0.333 e. The highest BCUT2D eigenvalue weighted by molar-refractivity contribution is 6.81. The summed E-state index contributed by atoms with van der Waals surface area (Å²) >= 11 is 0. The van der Waals surface area contributed by atoms with E-state index in [-0.39, 0.29) is 12.2 Å². The smallest absolute Gasteiger partial charge is 0.333 e. The number of aliphatic carboxylic acids is 1. The summed E-state index contributed by atoms with van der Waals surface area (Å²) in [5, 5.41) is 8.61. The molecule has 0 aromatic rings. The van der Waals surface area contributed by atoms with Crippen molar-refractivity contribution in [3.05, 3.63) is 12.2 Å². The molecule has 6 nitrogen and oxygen atoms in total. The van der Waals surface area contributed by atoms with Crippen LogP contribution in [0.5, 0.6) is 0 Å². The van der Waals surface area contributed by atoms with Gasteiger partial charge >= 0.3 is 21.2 Å². The predicted molar refractivity (Wildman–Crippen MR) is 97.8 cm³/mol. The van der Waals surface area contributed by atoms with E-state index in [9.17, 15) is 9.59 Å². The molecule has 0 aromatic heterocycles. The molecule has 0 spiro atoms. The molecule has 0 aromatic carbocycles. The van der Waals surface area contributed by atoms with Crippen molar-refractivity contribution in [2.24, 2.45) is 0 Å². The molecule has 0 aliphatic rings. The van der Waals surface area contributed by atoms with Crippen LogP contribution < -0.4 is 0 Å². The van der Waals surface area contributed by atoms with E-state index < -0.39 is 44.3 Å². The summed E-state index contributed by atoms with van der Waals surface area (Å²) in [6.07, 6.45) is 0.256. The van der Waals surface area contributed by atoms with Crippen LogP contribution in [-0.2, 0) is 22.6 Å². The first kappa shape index (κ1) is 22.3. The Morgan fingerprint density at radius 3 is 1.91 bits per heavy atom. The van der Waals surface area contributed by atoms with Crippen molar-refractivity contribution in [3.8, 4) is 0 Å². The Bertz CT molecular complexity index is 409. The molecule has 0 aliphatic carbocycles. The second kappa shape index (κ2) is 9.52. The van der Waals surface area contributed by atoms with Crippen LogP contribution >= 0.6 is 0 Å². The molecule has 1 N–H and O–H groups in total. The average Bonchev–Trinajstić information content (AvgIpc) is 2.29. The van der Waals surface area contributed by atoms with Gasteiger partial charge in [0, 0.05) is 5.57 Å². The van der Waals surface area contributed by atoms with E-state index in [0.717, 1.165) is 6.04 Å². The minimum Gasteiger partial charge on any atom is -0.481 e. The monoisotopic (exact) mass is 378 g/mol. The van der Waals surface area contributed by atoms with Gasteiger partial charge in [-0.25, -0.2) is 4.79 Å². The first-order chi connectivity index (χ1) is 10.3. The number of ether oxygens (including phenoxy) is 1. The molecule has 0 radical (unpaired) electrons. The molecule has 23 heavy (non-hydrogen) atoms. The van der Waals surface area contributed by atoms with Crippen LogP contribution in [0, 0.1) is 0 Å². The van der Waals surface area contributed by atoms with Crippen molar-refractivity contribution in [1.29, 1.82) is 0 Å². The fraction of sp³-hybridized carbons (Fsp3) is 0.714. The number of carboxylic acids is 1. The van der Waals surface area contributed by atoms with Crippen molar-refractivity contribution in [2.45, 2.75) is 58.2 Å². The van der Waals surface area contributed by atoms with E-state index in [2.05, 4.69) is 45.9 Å². The standard InChI is InChI=1S/C14H30O6Si3/c1-12(11-13(15)16)14(17)18-9-8-10-21(19-22(2,3)4)20-23(5,6)7/h21H,1,8-11H2,2-7H3,(H,15,16). The zero-order valence-corrected chi connectivity index (χ0v) is 18.3. The third-order valence-corrected chi connectivity index (χ3v) is 11.1. The van der Waals surface area contributed by atoms with E-state index in [1.54, 1.807) is 0 Å². The molecular weight excluding hydrogens is 348 g/mol. The predicted octanol–water partition coefficient (Wildman–Crippen LogP) is 2.87. The van der Waals surface area contributed by atoms with Gasteiger partial charge in [0.05, 0.1) is 13.0 Å². The minimum absolute atomic E-state index is 0.0389. The van der Waals surface area contributed by atoms with E-state index in [0.29, 0.717) is 6.42 Å². The van der Waals surface area contributed by atoms with Gasteiger partial charge < -0.3 is 18.1 Å². The molecule has 0 fully saturated rings. The second-order valence-electron chi connectivity index (χ2n) is 7.34. The van der Waals surface area contributed by atoms with E-state index in [1.165, 1.54) is 0 Å². The third kappa shape index (κ3) is 13.4.